The number of carbonyl (C=O) groups is 1. The van der Waals surface area contributed by atoms with Crippen molar-refractivity contribution in [1.29, 1.82) is 0 Å². The Morgan fingerprint density at radius 3 is 1.83 bits per heavy atom. The number of rotatable bonds is 12. The summed E-state index contributed by atoms with van der Waals surface area (Å²) in [7, 11) is 0. The molecule has 1 radical (unpaired) electrons. The summed E-state index contributed by atoms with van der Waals surface area (Å²) in [6, 6.07) is 0. The standard InChI is InChI=1S/C15H29O3/c1-3-5-6-7-8-9-10-11-12-13-14-18-15(16)17-4-2/h2-14H2,1H3. The van der Waals surface area contributed by atoms with Gasteiger partial charge in [0, 0.05) is 0 Å². The van der Waals surface area contributed by atoms with Crippen LogP contribution in [0.2, 0.25) is 0 Å². The zero-order valence-corrected chi connectivity index (χ0v) is 11.9. The SMILES string of the molecule is [CH2]COC(=O)OCCCCCCCCCCCC. The van der Waals surface area contributed by atoms with E-state index in [1.54, 1.807) is 0 Å². The maximum absolute atomic E-state index is 10.8. The zero-order chi connectivity index (χ0) is 13.5. The summed E-state index contributed by atoms with van der Waals surface area (Å²) < 4.78 is 9.41. The maximum atomic E-state index is 10.8. The molecule has 0 N–H and O–H groups in total. The summed E-state index contributed by atoms with van der Waals surface area (Å²) in [6.07, 6.45) is 12.2. The van der Waals surface area contributed by atoms with Crippen LogP contribution in [0.25, 0.3) is 0 Å². The van der Waals surface area contributed by atoms with Crippen molar-refractivity contribution in [2.45, 2.75) is 71.1 Å². The Morgan fingerprint density at radius 1 is 0.833 bits per heavy atom. The van der Waals surface area contributed by atoms with Gasteiger partial charge in [0.25, 0.3) is 0 Å². The second-order valence-corrected chi connectivity index (χ2v) is 4.63. The Hall–Kier alpha value is -0.730. The molecule has 0 aromatic rings. The third-order valence-corrected chi connectivity index (χ3v) is 2.94. The van der Waals surface area contributed by atoms with Gasteiger partial charge in [-0.05, 0) is 13.3 Å². The largest absolute Gasteiger partial charge is 0.508 e. The first-order valence-electron chi connectivity index (χ1n) is 7.40. The predicted molar refractivity (Wildman–Crippen MR) is 74.5 cm³/mol. The maximum Gasteiger partial charge on any atom is 0.508 e. The van der Waals surface area contributed by atoms with Crippen LogP contribution in [-0.4, -0.2) is 19.4 Å². The first kappa shape index (κ1) is 17.3. The summed E-state index contributed by atoms with van der Waals surface area (Å²) in [5.74, 6) is 0. The van der Waals surface area contributed by atoms with E-state index in [-0.39, 0.29) is 6.61 Å². The number of hydrogen-bond acceptors (Lipinski definition) is 3. The van der Waals surface area contributed by atoms with Crippen LogP contribution in [0.15, 0.2) is 0 Å². The van der Waals surface area contributed by atoms with Gasteiger partial charge in [0.2, 0.25) is 0 Å². The van der Waals surface area contributed by atoms with E-state index >= 15 is 0 Å². The van der Waals surface area contributed by atoms with E-state index in [1.165, 1.54) is 51.4 Å². The fourth-order valence-electron chi connectivity index (χ4n) is 1.87. The fraction of sp³-hybridized carbons (Fsp3) is 0.867. The Morgan fingerprint density at radius 2 is 1.33 bits per heavy atom. The zero-order valence-electron chi connectivity index (χ0n) is 11.9. The third kappa shape index (κ3) is 13.3. The molecule has 3 nitrogen and oxygen atoms in total. The average Bonchev–Trinajstić information content (AvgIpc) is 2.36. The summed E-state index contributed by atoms with van der Waals surface area (Å²) in [5.41, 5.74) is 0. The minimum absolute atomic E-state index is 0.136. The Balaban J connectivity index is 3.01. The van der Waals surface area contributed by atoms with Crippen LogP contribution in [0.4, 0.5) is 4.79 Å². The van der Waals surface area contributed by atoms with Gasteiger partial charge in [-0.1, -0.05) is 64.7 Å². The molecule has 0 aliphatic rings. The predicted octanol–water partition coefficient (Wildman–Crippen LogP) is 4.89. The van der Waals surface area contributed by atoms with E-state index in [1.807, 2.05) is 0 Å². The molecule has 107 valence electrons. The molecule has 0 aromatic heterocycles. The van der Waals surface area contributed by atoms with Gasteiger partial charge in [0.15, 0.2) is 0 Å². The second-order valence-electron chi connectivity index (χ2n) is 4.63. The molecular formula is C15H29O3. The van der Waals surface area contributed by atoms with E-state index in [0.29, 0.717) is 6.61 Å². The topological polar surface area (TPSA) is 35.5 Å². The molecule has 0 amide bonds. The van der Waals surface area contributed by atoms with Gasteiger partial charge in [-0.2, -0.15) is 0 Å². The van der Waals surface area contributed by atoms with Crippen LogP contribution >= 0.6 is 0 Å². The van der Waals surface area contributed by atoms with E-state index in [9.17, 15) is 4.79 Å². The van der Waals surface area contributed by atoms with Crippen LogP contribution in [-0.2, 0) is 9.47 Å². The molecule has 0 heterocycles. The highest BCUT2D eigenvalue weighted by Crippen LogP contribution is 2.10. The lowest BCUT2D eigenvalue weighted by atomic mass is 10.1. The molecular weight excluding hydrogens is 228 g/mol. The molecule has 0 aliphatic heterocycles. The number of carbonyl (C=O) groups excluding carboxylic acids is 1. The van der Waals surface area contributed by atoms with Gasteiger partial charge in [-0.25, -0.2) is 4.79 Å². The molecule has 0 saturated carbocycles. The molecule has 0 rings (SSSR count). The summed E-state index contributed by atoms with van der Waals surface area (Å²) in [5, 5.41) is 0. The van der Waals surface area contributed by atoms with E-state index in [0.717, 1.165) is 12.8 Å². The van der Waals surface area contributed by atoms with Crippen molar-refractivity contribution in [3.8, 4) is 0 Å². The van der Waals surface area contributed by atoms with Gasteiger partial charge in [0.05, 0.1) is 13.2 Å². The lowest BCUT2D eigenvalue weighted by Crippen LogP contribution is -2.07. The van der Waals surface area contributed by atoms with Crippen molar-refractivity contribution < 1.29 is 14.3 Å². The lowest BCUT2D eigenvalue weighted by Gasteiger charge is -2.04. The van der Waals surface area contributed by atoms with Crippen molar-refractivity contribution >= 4 is 6.16 Å². The first-order valence-corrected chi connectivity index (χ1v) is 7.40. The van der Waals surface area contributed by atoms with Gasteiger partial charge in [-0.3, -0.25) is 0 Å². The van der Waals surface area contributed by atoms with Crippen molar-refractivity contribution in [1.82, 2.24) is 0 Å². The molecule has 0 spiro atoms. The third-order valence-electron chi connectivity index (χ3n) is 2.94. The number of ether oxygens (including phenoxy) is 2. The van der Waals surface area contributed by atoms with Crippen LogP contribution < -0.4 is 0 Å². The average molecular weight is 257 g/mol. The molecule has 0 atom stereocenters. The summed E-state index contributed by atoms with van der Waals surface area (Å²) in [4.78, 5) is 10.8. The van der Waals surface area contributed by atoms with Gasteiger partial charge in [0.1, 0.15) is 0 Å². The highest BCUT2D eigenvalue weighted by Gasteiger charge is 2.00. The van der Waals surface area contributed by atoms with E-state index < -0.39 is 6.16 Å². The van der Waals surface area contributed by atoms with Crippen molar-refractivity contribution in [3.63, 3.8) is 0 Å². The van der Waals surface area contributed by atoms with Crippen LogP contribution in [0.3, 0.4) is 0 Å². The molecule has 0 saturated heterocycles. The Labute approximate surface area is 112 Å². The van der Waals surface area contributed by atoms with E-state index in [2.05, 4.69) is 18.6 Å². The molecule has 0 fully saturated rings. The second kappa shape index (κ2) is 14.3. The molecule has 0 unspecified atom stereocenters. The van der Waals surface area contributed by atoms with Crippen molar-refractivity contribution in [2.24, 2.45) is 0 Å². The van der Waals surface area contributed by atoms with Gasteiger partial charge < -0.3 is 9.47 Å². The molecule has 0 bridgehead atoms. The molecule has 0 aromatic carbocycles. The van der Waals surface area contributed by atoms with Gasteiger partial charge >= 0.3 is 6.16 Å². The molecule has 3 heteroatoms. The summed E-state index contributed by atoms with van der Waals surface area (Å²) >= 11 is 0. The van der Waals surface area contributed by atoms with Crippen LogP contribution in [0.5, 0.6) is 0 Å². The summed E-state index contributed by atoms with van der Waals surface area (Å²) in [6.45, 7) is 6.26. The minimum Gasteiger partial charge on any atom is -0.434 e. The Bertz CT molecular complexity index is 181. The monoisotopic (exact) mass is 257 g/mol. The van der Waals surface area contributed by atoms with Crippen molar-refractivity contribution in [3.05, 3.63) is 6.92 Å². The molecule has 18 heavy (non-hydrogen) atoms. The number of hydrogen-bond donors (Lipinski definition) is 0. The smallest absolute Gasteiger partial charge is 0.434 e. The van der Waals surface area contributed by atoms with Crippen LogP contribution in [0, 0.1) is 6.92 Å². The number of unbranched alkanes of at least 4 members (excludes halogenated alkanes) is 9. The first-order chi connectivity index (χ1) is 8.81. The van der Waals surface area contributed by atoms with E-state index in [4.69, 9.17) is 4.74 Å². The minimum atomic E-state index is -0.596. The quantitative estimate of drug-likeness (QED) is 0.368. The van der Waals surface area contributed by atoms with Crippen LogP contribution in [0.1, 0.15) is 71.1 Å². The van der Waals surface area contributed by atoms with Crippen molar-refractivity contribution in [2.75, 3.05) is 13.2 Å². The normalized spacial score (nSPS) is 10.3. The highest BCUT2D eigenvalue weighted by molar-refractivity contribution is 5.59. The highest BCUT2D eigenvalue weighted by atomic mass is 16.7. The van der Waals surface area contributed by atoms with Gasteiger partial charge in [-0.15, -0.1) is 0 Å². The fourth-order valence-corrected chi connectivity index (χ4v) is 1.87. The lowest BCUT2D eigenvalue weighted by molar-refractivity contribution is 0.0616. The molecule has 0 aliphatic carbocycles. The Kier molecular flexibility index (Phi) is 13.8.